The second-order valence-electron chi connectivity index (χ2n) is 3.32. The Morgan fingerprint density at radius 3 is 2.50 bits per heavy atom. The first-order chi connectivity index (χ1) is 6.61. The zero-order valence-electron chi connectivity index (χ0n) is 9.91. The van der Waals surface area contributed by atoms with E-state index >= 15 is 0 Å². The summed E-state index contributed by atoms with van der Waals surface area (Å²) in [4.78, 5) is 0. The summed E-state index contributed by atoms with van der Waals surface area (Å²) in [6, 6.07) is 0. The molecule has 0 aliphatic rings. The van der Waals surface area contributed by atoms with Gasteiger partial charge >= 0.3 is 8.53 Å². The van der Waals surface area contributed by atoms with Crippen LogP contribution in [-0.2, 0) is 9.05 Å². The van der Waals surface area contributed by atoms with Crippen LogP contribution < -0.4 is 0 Å². The first-order valence-corrected chi connectivity index (χ1v) is 6.11. The number of hydrogen-bond acceptors (Lipinski definition) is 3. The lowest BCUT2D eigenvalue weighted by molar-refractivity contribution is 0.304. The molecule has 4 heteroatoms. The second-order valence-corrected chi connectivity index (χ2v) is 5.14. The summed E-state index contributed by atoms with van der Waals surface area (Å²) < 4.78 is 12.8. The standard InChI is InChI=1S/C10H22NO2P/c1-6-7-8-9-10(2)13-14(12-5)11(3)4/h9H,6-8H2,1-5H3. The van der Waals surface area contributed by atoms with Crippen LogP contribution in [0.3, 0.4) is 0 Å². The van der Waals surface area contributed by atoms with Gasteiger partial charge in [0.25, 0.3) is 0 Å². The Bertz CT molecular complexity index is 172. The van der Waals surface area contributed by atoms with Crippen LogP contribution in [0, 0.1) is 0 Å². The van der Waals surface area contributed by atoms with E-state index in [-0.39, 0.29) is 0 Å². The predicted molar refractivity (Wildman–Crippen MR) is 62.0 cm³/mol. The van der Waals surface area contributed by atoms with Gasteiger partial charge in [0.1, 0.15) is 0 Å². The van der Waals surface area contributed by atoms with Crippen molar-refractivity contribution in [3.8, 4) is 0 Å². The molecular weight excluding hydrogens is 197 g/mol. The highest BCUT2D eigenvalue weighted by molar-refractivity contribution is 7.44. The Morgan fingerprint density at radius 1 is 1.43 bits per heavy atom. The first kappa shape index (κ1) is 13.9. The van der Waals surface area contributed by atoms with E-state index in [2.05, 4.69) is 13.0 Å². The van der Waals surface area contributed by atoms with Gasteiger partial charge in [-0.2, -0.15) is 0 Å². The van der Waals surface area contributed by atoms with Crippen molar-refractivity contribution >= 4 is 8.53 Å². The molecule has 84 valence electrons. The molecule has 0 amide bonds. The van der Waals surface area contributed by atoms with Gasteiger partial charge in [0.05, 0.1) is 5.76 Å². The van der Waals surface area contributed by atoms with E-state index in [0.717, 1.165) is 12.2 Å². The molecule has 0 spiro atoms. The smallest absolute Gasteiger partial charge is 0.319 e. The quantitative estimate of drug-likeness (QED) is 0.371. The molecule has 3 nitrogen and oxygen atoms in total. The van der Waals surface area contributed by atoms with Gasteiger partial charge in [-0.15, -0.1) is 0 Å². The summed E-state index contributed by atoms with van der Waals surface area (Å²) in [6.45, 7) is 4.17. The van der Waals surface area contributed by atoms with Crippen LogP contribution in [-0.4, -0.2) is 25.9 Å². The van der Waals surface area contributed by atoms with Crippen LogP contribution in [0.2, 0.25) is 0 Å². The van der Waals surface area contributed by atoms with Crippen molar-refractivity contribution in [3.63, 3.8) is 0 Å². The molecule has 0 aromatic heterocycles. The van der Waals surface area contributed by atoms with Crippen molar-refractivity contribution < 1.29 is 9.05 Å². The summed E-state index contributed by atoms with van der Waals surface area (Å²) in [5.74, 6) is 0.958. The van der Waals surface area contributed by atoms with E-state index in [1.807, 2.05) is 25.7 Å². The molecule has 0 bridgehead atoms. The minimum absolute atomic E-state index is 0.913. The maximum absolute atomic E-state index is 5.64. The molecule has 0 heterocycles. The largest absolute Gasteiger partial charge is 0.441 e. The lowest BCUT2D eigenvalue weighted by Gasteiger charge is -2.21. The van der Waals surface area contributed by atoms with Crippen LogP contribution >= 0.6 is 8.53 Å². The fourth-order valence-corrected chi connectivity index (χ4v) is 1.84. The van der Waals surface area contributed by atoms with Gasteiger partial charge < -0.3 is 9.05 Å². The molecule has 0 radical (unpaired) electrons. The second kappa shape index (κ2) is 8.22. The van der Waals surface area contributed by atoms with Gasteiger partial charge in [0, 0.05) is 7.11 Å². The Balaban J connectivity index is 3.88. The third kappa shape index (κ3) is 6.36. The highest BCUT2D eigenvalue weighted by atomic mass is 31.2. The molecule has 0 rings (SSSR count). The Labute approximate surface area is 89.1 Å². The molecule has 14 heavy (non-hydrogen) atoms. The van der Waals surface area contributed by atoms with E-state index in [1.54, 1.807) is 7.11 Å². The lowest BCUT2D eigenvalue weighted by atomic mass is 10.2. The molecule has 0 N–H and O–H groups in total. The minimum atomic E-state index is -0.913. The van der Waals surface area contributed by atoms with Gasteiger partial charge in [-0.1, -0.05) is 13.3 Å². The molecule has 0 aromatic carbocycles. The maximum Gasteiger partial charge on any atom is 0.319 e. The maximum atomic E-state index is 5.64. The van der Waals surface area contributed by atoms with Crippen LogP contribution in [0.5, 0.6) is 0 Å². The summed E-state index contributed by atoms with van der Waals surface area (Å²) >= 11 is 0. The van der Waals surface area contributed by atoms with Crippen LogP contribution in [0.25, 0.3) is 0 Å². The molecule has 0 aliphatic carbocycles. The fraction of sp³-hybridized carbons (Fsp3) is 0.800. The van der Waals surface area contributed by atoms with E-state index in [9.17, 15) is 0 Å². The van der Waals surface area contributed by atoms with Crippen molar-refractivity contribution in [2.24, 2.45) is 0 Å². The average Bonchev–Trinajstić information content (AvgIpc) is 2.14. The Morgan fingerprint density at radius 2 is 2.07 bits per heavy atom. The Kier molecular flexibility index (Phi) is 8.15. The first-order valence-electron chi connectivity index (χ1n) is 4.98. The number of allylic oxidation sites excluding steroid dienone is 2. The van der Waals surface area contributed by atoms with Gasteiger partial charge in [-0.05, 0) is 39.9 Å². The Hall–Kier alpha value is -0.110. The summed E-state index contributed by atoms with van der Waals surface area (Å²) in [7, 11) is 4.66. The summed E-state index contributed by atoms with van der Waals surface area (Å²) in [5.41, 5.74) is 0. The third-order valence-corrected chi connectivity index (χ3v) is 3.10. The molecule has 0 aromatic rings. The highest BCUT2D eigenvalue weighted by Gasteiger charge is 2.12. The zero-order chi connectivity index (χ0) is 11.0. The van der Waals surface area contributed by atoms with Gasteiger partial charge in [0.2, 0.25) is 0 Å². The molecule has 0 saturated heterocycles. The van der Waals surface area contributed by atoms with Crippen molar-refractivity contribution in [3.05, 3.63) is 11.8 Å². The van der Waals surface area contributed by atoms with Crippen molar-refractivity contribution in [1.29, 1.82) is 0 Å². The van der Waals surface area contributed by atoms with E-state index in [0.29, 0.717) is 0 Å². The molecule has 0 aliphatic heterocycles. The average molecular weight is 219 g/mol. The van der Waals surface area contributed by atoms with Crippen LogP contribution in [0.1, 0.15) is 33.1 Å². The van der Waals surface area contributed by atoms with Crippen molar-refractivity contribution in [2.75, 3.05) is 21.2 Å². The normalized spacial score (nSPS) is 14.6. The molecule has 0 saturated carbocycles. The molecular formula is C10H22NO2P. The van der Waals surface area contributed by atoms with Gasteiger partial charge in [-0.25, -0.2) is 4.67 Å². The number of unbranched alkanes of at least 4 members (excludes halogenated alkanes) is 2. The zero-order valence-corrected chi connectivity index (χ0v) is 10.8. The predicted octanol–water partition coefficient (Wildman–Crippen LogP) is 3.53. The van der Waals surface area contributed by atoms with Gasteiger partial charge in [0.15, 0.2) is 0 Å². The minimum Gasteiger partial charge on any atom is -0.441 e. The summed E-state index contributed by atoms with van der Waals surface area (Å²) in [6.07, 6.45) is 5.65. The third-order valence-electron chi connectivity index (χ3n) is 1.69. The SMILES string of the molecule is CCCCC=C(C)OP(OC)N(C)C. The van der Waals surface area contributed by atoms with Crippen LogP contribution in [0.4, 0.5) is 0 Å². The van der Waals surface area contributed by atoms with E-state index in [1.165, 1.54) is 12.8 Å². The van der Waals surface area contributed by atoms with Crippen molar-refractivity contribution in [1.82, 2.24) is 4.67 Å². The monoisotopic (exact) mass is 219 g/mol. The van der Waals surface area contributed by atoms with Crippen molar-refractivity contribution in [2.45, 2.75) is 33.1 Å². The lowest BCUT2D eigenvalue weighted by Crippen LogP contribution is -2.07. The summed E-state index contributed by atoms with van der Waals surface area (Å²) in [5, 5.41) is 0. The molecule has 0 fully saturated rings. The highest BCUT2D eigenvalue weighted by Crippen LogP contribution is 2.41. The number of nitrogens with zero attached hydrogens (tertiary/aromatic N) is 1. The van der Waals surface area contributed by atoms with Gasteiger partial charge in [-0.3, -0.25) is 0 Å². The number of rotatable bonds is 7. The van der Waals surface area contributed by atoms with E-state index in [4.69, 9.17) is 9.05 Å². The fourth-order valence-electron chi connectivity index (χ4n) is 0.952. The topological polar surface area (TPSA) is 21.7 Å². The van der Waals surface area contributed by atoms with Crippen LogP contribution in [0.15, 0.2) is 11.8 Å². The molecule has 1 unspecified atom stereocenters. The van der Waals surface area contributed by atoms with E-state index < -0.39 is 8.53 Å². The molecule has 1 atom stereocenters. The number of hydrogen-bond donors (Lipinski definition) is 0.